The van der Waals surface area contributed by atoms with Crippen molar-refractivity contribution in [1.29, 1.82) is 0 Å². The van der Waals surface area contributed by atoms with E-state index in [2.05, 4.69) is 15.7 Å². The minimum atomic E-state index is -0.437. The van der Waals surface area contributed by atoms with Crippen LogP contribution in [0.3, 0.4) is 0 Å². The zero-order valence-corrected chi connectivity index (χ0v) is 24.6. The number of halogens is 1. The number of benzene rings is 3. The summed E-state index contributed by atoms with van der Waals surface area (Å²) >= 11 is 14.2. The number of carbonyl (C=O) groups excluding carboxylic acids is 3. The third kappa shape index (κ3) is 6.85. The number of anilines is 2. The molecule has 5 rings (SSSR count). The average molecular weight is 625 g/mol. The largest absolute Gasteiger partial charge is 0.483 e. The first-order chi connectivity index (χ1) is 19.8. The number of nitrogens with zero attached hydrogens (tertiary/aromatic N) is 2. The fourth-order valence-electron chi connectivity index (χ4n) is 3.73. The number of thioether (sulfide) groups is 1. The molecule has 0 atom stereocenters. The van der Waals surface area contributed by atoms with Crippen molar-refractivity contribution in [3.05, 3.63) is 87.8 Å². The van der Waals surface area contributed by atoms with Crippen LogP contribution in [0.25, 0.3) is 16.3 Å². The lowest BCUT2D eigenvalue weighted by Gasteiger charge is -2.14. The van der Waals surface area contributed by atoms with Gasteiger partial charge in [-0.15, -0.1) is 0 Å². The molecule has 0 saturated carbocycles. The van der Waals surface area contributed by atoms with Gasteiger partial charge in [0.2, 0.25) is 5.13 Å². The van der Waals surface area contributed by atoms with Crippen LogP contribution in [0.2, 0.25) is 5.02 Å². The van der Waals surface area contributed by atoms with Crippen LogP contribution in [-0.2, 0) is 14.3 Å². The van der Waals surface area contributed by atoms with Crippen molar-refractivity contribution in [1.82, 2.24) is 9.99 Å². The standard InChI is InChI=1S/C28H21ClN4O5S3/c1-2-37-26(36)16-7-10-19(11-8-16)30-24(34)15-38-21-12-9-18(29)13-17(21)14-23-25(35)33(28(39)41-23)32-27-31-20-5-3-4-6-22(20)40-27/h3-14H,2,15H2,1H3,(H,30,34)(H,31,32)/b23-14-. The predicted molar refractivity (Wildman–Crippen MR) is 166 cm³/mol. The summed E-state index contributed by atoms with van der Waals surface area (Å²) in [6.07, 6.45) is 1.62. The van der Waals surface area contributed by atoms with Crippen LogP contribution >= 0.6 is 46.9 Å². The van der Waals surface area contributed by atoms with E-state index in [0.29, 0.717) is 41.9 Å². The minimum absolute atomic E-state index is 0.275. The van der Waals surface area contributed by atoms with E-state index in [9.17, 15) is 14.4 Å². The van der Waals surface area contributed by atoms with Crippen LogP contribution in [0, 0.1) is 0 Å². The number of carbonyl (C=O) groups is 3. The van der Waals surface area contributed by atoms with Crippen LogP contribution < -0.4 is 15.5 Å². The van der Waals surface area contributed by atoms with E-state index >= 15 is 0 Å². The lowest BCUT2D eigenvalue weighted by molar-refractivity contribution is -0.121. The van der Waals surface area contributed by atoms with Gasteiger partial charge in [0.1, 0.15) is 5.75 Å². The Bertz CT molecular complexity index is 1660. The lowest BCUT2D eigenvalue weighted by Crippen LogP contribution is -2.33. The average Bonchev–Trinajstić information content (AvgIpc) is 3.48. The number of thiazole rings is 1. The molecule has 3 aromatic carbocycles. The first-order valence-electron chi connectivity index (χ1n) is 12.2. The van der Waals surface area contributed by atoms with E-state index in [-0.39, 0.29) is 19.1 Å². The molecule has 0 aliphatic carbocycles. The number of nitrogens with one attached hydrogen (secondary N) is 2. The first-order valence-corrected chi connectivity index (χ1v) is 14.6. The van der Waals surface area contributed by atoms with Crippen LogP contribution in [0.5, 0.6) is 5.75 Å². The second-order valence-electron chi connectivity index (χ2n) is 8.43. The molecule has 0 spiro atoms. The Morgan fingerprint density at radius 1 is 1.12 bits per heavy atom. The molecule has 1 aromatic heterocycles. The van der Waals surface area contributed by atoms with Crippen molar-refractivity contribution < 1.29 is 23.9 Å². The minimum Gasteiger partial charge on any atom is -0.483 e. The summed E-state index contributed by atoms with van der Waals surface area (Å²) in [5.41, 5.74) is 5.20. The zero-order valence-electron chi connectivity index (χ0n) is 21.4. The van der Waals surface area contributed by atoms with E-state index in [4.69, 9.17) is 33.3 Å². The van der Waals surface area contributed by atoms with Gasteiger partial charge in [-0.05, 0) is 79.8 Å². The highest BCUT2D eigenvalue weighted by molar-refractivity contribution is 8.26. The molecule has 1 aliphatic rings. The van der Waals surface area contributed by atoms with Crippen molar-refractivity contribution >= 4 is 96.1 Å². The molecule has 2 heterocycles. The molecule has 0 radical (unpaired) electrons. The van der Waals surface area contributed by atoms with E-state index < -0.39 is 11.9 Å². The molecule has 1 fully saturated rings. The third-order valence-corrected chi connectivity index (χ3v) is 8.07. The summed E-state index contributed by atoms with van der Waals surface area (Å²) in [6, 6.07) is 18.9. The summed E-state index contributed by atoms with van der Waals surface area (Å²) in [7, 11) is 0. The van der Waals surface area contributed by atoms with Crippen LogP contribution in [0.15, 0.2) is 71.6 Å². The van der Waals surface area contributed by atoms with E-state index in [1.165, 1.54) is 16.3 Å². The van der Waals surface area contributed by atoms with Crippen molar-refractivity contribution in [2.75, 3.05) is 24.0 Å². The predicted octanol–water partition coefficient (Wildman–Crippen LogP) is 6.37. The SMILES string of the molecule is CCOC(=O)c1ccc(NC(=O)COc2ccc(Cl)cc2/C=C2\SC(=S)N(Nc3nc4ccccc4s3)C2=O)cc1. The zero-order chi connectivity index (χ0) is 28.9. The Kier molecular flexibility index (Phi) is 8.84. The molecular formula is C28H21ClN4O5S3. The third-order valence-electron chi connectivity index (χ3n) is 5.59. The molecule has 208 valence electrons. The lowest BCUT2D eigenvalue weighted by atomic mass is 10.2. The van der Waals surface area contributed by atoms with Crippen molar-refractivity contribution in [2.45, 2.75) is 6.92 Å². The smallest absolute Gasteiger partial charge is 0.338 e. The number of aromatic nitrogens is 1. The number of rotatable bonds is 9. The Hall–Kier alpha value is -3.97. The maximum Gasteiger partial charge on any atom is 0.338 e. The molecule has 9 nitrogen and oxygen atoms in total. The summed E-state index contributed by atoms with van der Waals surface area (Å²) in [5, 5.41) is 4.95. The van der Waals surface area contributed by atoms with Gasteiger partial charge >= 0.3 is 5.97 Å². The quantitative estimate of drug-likeness (QED) is 0.125. The van der Waals surface area contributed by atoms with Gasteiger partial charge in [0.05, 0.1) is 27.3 Å². The molecular weight excluding hydrogens is 604 g/mol. The second-order valence-corrected chi connectivity index (χ2v) is 11.6. The van der Waals surface area contributed by atoms with Crippen LogP contribution in [-0.4, -0.2) is 45.3 Å². The Morgan fingerprint density at radius 2 is 1.90 bits per heavy atom. The topological polar surface area (TPSA) is 110 Å². The first kappa shape index (κ1) is 28.6. The van der Waals surface area contributed by atoms with Gasteiger partial charge in [0.25, 0.3) is 11.8 Å². The molecule has 0 bridgehead atoms. The number of hydrogen-bond acceptors (Lipinski definition) is 10. The Balaban J connectivity index is 1.25. The molecule has 2 amide bonds. The Morgan fingerprint density at radius 3 is 2.66 bits per heavy atom. The summed E-state index contributed by atoms with van der Waals surface area (Å²) in [4.78, 5) is 42.4. The van der Waals surface area contributed by atoms with E-state index in [1.807, 2.05) is 24.3 Å². The van der Waals surface area contributed by atoms with Gasteiger partial charge < -0.3 is 14.8 Å². The number of para-hydroxylation sites is 1. The number of fused-ring (bicyclic) bond motifs is 1. The normalized spacial score (nSPS) is 14.0. The molecule has 2 N–H and O–H groups in total. The molecule has 41 heavy (non-hydrogen) atoms. The molecule has 0 unspecified atom stereocenters. The van der Waals surface area contributed by atoms with Crippen molar-refractivity contribution in [2.24, 2.45) is 0 Å². The summed E-state index contributed by atoms with van der Waals surface area (Å²) in [5.74, 6) is -0.852. The van der Waals surface area contributed by atoms with Gasteiger partial charge in [-0.25, -0.2) is 9.78 Å². The van der Waals surface area contributed by atoms with Gasteiger partial charge in [0, 0.05) is 16.3 Å². The number of hydrazine groups is 1. The van der Waals surface area contributed by atoms with Gasteiger partial charge in [-0.2, -0.15) is 5.01 Å². The number of hydrogen-bond donors (Lipinski definition) is 2. The summed E-state index contributed by atoms with van der Waals surface area (Å²) < 4.78 is 12.0. The highest BCUT2D eigenvalue weighted by atomic mass is 35.5. The number of thiocarbonyl (C=S) groups is 1. The number of esters is 1. The fourth-order valence-corrected chi connectivity index (χ4v) is 5.93. The second kappa shape index (κ2) is 12.7. The number of ether oxygens (including phenoxy) is 2. The monoisotopic (exact) mass is 624 g/mol. The maximum atomic E-state index is 13.2. The van der Waals surface area contributed by atoms with Gasteiger partial charge in [-0.1, -0.05) is 46.8 Å². The van der Waals surface area contributed by atoms with Crippen molar-refractivity contribution in [3.8, 4) is 5.75 Å². The molecule has 1 saturated heterocycles. The highest BCUT2D eigenvalue weighted by Crippen LogP contribution is 2.36. The summed E-state index contributed by atoms with van der Waals surface area (Å²) in [6.45, 7) is 1.70. The molecule has 1 aliphatic heterocycles. The van der Waals surface area contributed by atoms with E-state index in [1.54, 1.807) is 55.5 Å². The van der Waals surface area contributed by atoms with Crippen LogP contribution in [0.4, 0.5) is 10.8 Å². The highest BCUT2D eigenvalue weighted by Gasteiger charge is 2.33. The molecule has 4 aromatic rings. The van der Waals surface area contributed by atoms with Crippen molar-refractivity contribution in [3.63, 3.8) is 0 Å². The van der Waals surface area contributed by atoms with Crippen LogP contribution in [0.1, 0.15) is 22.8 Å². The van der Waals surface area contributed by atoms with E-state index in [0.717, 1.165) is 22.0 Å². The fraction of sp³-hybridized carbons (Fsp3) is 0.107. The van der Waals surface area contributed by atoms with Gasteiger partial charge in [0.15, 0.2) is 10.9 Å². The maximum absolute atomic E-state index is 13.2. The van der Waals surface area contributed by atoms with Gasteiger partial charge in [-0.3, -0.25) is 15.0 Å². The Labute approximate surface area is 253 Å². The molecule has 13 heteroatoms. The number of amides is 2.